The molecule has 1 aromatic rings. The Morgan fingerprint density at radius 1 is 1.05 bits per heavy atom. The maximum atomic E-state index is 12.2. The first kappa shape index (κ1) is 17.1. The van der Waals surface area contributed by atoms with E-state index < -0.39 is 20.0 Å². The number of piperidine rings is 1. The Balaban J connectivity index is 1.91. The van der Waals surface area contributed by atoms with Gasteiger partial charge in [-0.25, -0.2) is 25.9 Å². The van der Waals surface area contributed by atoms with E-state index in [0.717, 1.165) is 5.57 Å². The van der Waals surface area contributed by atoms with E-state index in [1.165, 1.54) is 16.4 Å². The predicted molar refractivity (Wildman–Crippen MR) is 85.4 cm³/mol. The van der Waals surface area contributed by atoms with Crippen molar-refractivity contribution in [3.63, 3.8) is 0 Å². The fourth-order valence-electron chi connectivity index (χ4n) is 2.20. The first-order valence-corrected chi connectivity index (χ1v) is 10.1. The van der Waals surface area contributed by atoms with Crippen molar-refractivity contribution in [3.05, 3.63) is 42.5 Å². The number of hydrogen-bond donors (Lipinski definition) is 1. The molecule has 2 rings (SSSR count). The summed E-state index contributed by atoms with van der Waals surface area (Å²) in [4.78, 5) is 0.127. The standard InChI is InChI=1S/C14H20N2O4S2/c1-13-7-10-16(11-8-13)21(17,18)12-9-15-22(19,20)14-5-3-2-4-6-14/h2-6,15H,1,7-12H2. The molecule has 1 aliphatic heterocycles. The van der Waals surface area contributed by atoms with Crippen LogP contribution in [0.25, 0.3) is 0 Å². The fourth-order valence-corrected chi connectivity index (χ4v) is 4.74. The van der Waals surface area contributed by atoms with Crippen molar-refractivity contribution in [3.8, 4) is 0 Å². The zero-order chi connectivity index (χ0) is 16.2. The molecule has 0 aromatic heterocycles. The van der Waals surface area contributed by atoms with E-state index in [1.54, 1.807) is 18.2 Å². The van der Waals surface area contributed by atoms with Crippen LogP contribution < -0.4 is 4.72 Å². The Bertz CT molecular complexity index is 717. The summed E-state index contributed by atoms with van der Waals surface area (Å²) in [7, 11) is -7.12. The maximum absolute atomic E-state index is 12.2. The molecule has 122 valence electrons. The van der Waals surface area contributed by atoms with Crippen molar-refractivity contribution in [2.24, 2.45) is 0 Å². The Morgan fingerprint density at radius 3 is 2.23 bits per heavy atom. The van der Waals surface area contributed by atoms with Crippen molar-refractivity contribution in [1.29, 1.82) is 0 Å². The lowest BCUT2D eigenvalue weighted by Gasteiger charge is -2.27. The van der Waals surface area contributed by atoms with E-state index in [2.05, 4.69) is 11.3 Å². The minimum absolute atomic E-state index is 0.127. The van der Waals surface area contributed by atoms with Crippen molar-refractivity contribution in [2.75, 3.05) is 25.4 Å². The van der Waals surface area contributed by atoms with E-state index in [4.69, 9.17) is 0 Å². The molecular weight excluding hydrogens is 324 g/mol. The summed E-state index contributed by atoms with van der Waals surface area (Å²) < 4.78 is 52.1. The second-order valence-electron chi connectivity index (χ2n) is 5.18. The number of benzene rings is 1. The second-order valence-corrected chi connectivity index (χ2v) is 9.03. The normalized spacial score (nSPS) is 17.5. The fraction of sp³-hybridized carbons (Fsp3) is 0.429. The van der Waals surface area contributed by atoms with Crippen molar-refractivity contribution in [2.45, 2.75) is 17.7 Å². The van der Waals surface area contributed by atoms with Crippen LogP contribution in [-0.4, -0.2) is 46.5 Å². The summed E-state index contributed by atoms with van der Waals surface area (Å²) in [6, 6.07) is 7.88. The van der Waals surface area contributed by atoms with E-state index in [-0.39, 0.29) is 17.2 Å². The summed E-state index contributed by atoms with van der Waals surface area (Å²) >= 11 is 0. The SMILES string of the molecule is C=C1CCN(S(=O)(=O)CCNS(=O)(=O)c2ccccc2)CC1. The average molecular weight is 344 g/mol. The molecule has 1 N–H and O–H groups in total. The largest absolute Gasteiger partial charge is 0.240 e. The first-order chi connectivity index (χ1) is 10.3. The molecule has 0 aliphatic carbocycles. The molecule has 0 spiro atoms. The van der Waals surface area contributed by atoms with Gasteiger partial charge in [0, 0.05) is 19.6 Å². The highest BCUT2D eigenvalue weighted by atomic mass is 32.2. The van der Waals surface area contributed by atoms with Gasteiger partial charge in [0.1, 0.15) is 0 Å². The van der Waals surface area contributed by atoms with Gasteiger partial charge in [-0.15, -0.1) is 0 Å². The van der Waals surface area contributed by atoms with Gasteiger partial charge in [-0.05, 0) is 25.0 Å². The van der Waals surface area contributed by atoms with E-state index in [0.29, 0.717) is 25.9 Å². The topological polar surface area (TPSA) is 83.6 Å². The van der Waals surface area contributed by atoms with E-state index in [9.17, 15) is 16.8 Å². The number of nitrogens with zero attached hydrogens (tertiary/aromatic N) is 1. The Hall–Kier alpha value is -1.22. The van der Waals surface area contributed by atoms with Crippen LogP contribution in [0.3, 0.4) is 0 Å². The van der Waals surface area contributed by atoms with Gasteiger partial charge >= 0.3 is 0 Å². The van der Waals surface area contributed by atoms with Crippen molar-refractivity contribution in [1.82, 2.24) is 9.03 Å². The van der Waals surface area contributed by atoms with Crippen LogP contribution in [0.15, 0.2) is 47.4 Å². The molecular formula is C14H20N2O4S2. The highest BCUT2D eigenvalue weighted by Gasteiger charge is 2.25. The molecule has 1 heterocycles. The van der Waals surface area contributed by atoms with Crippen LogP contribution in [0.5, 0.6) is 0 Å². The highest BCUT2D eigenvalue weighted by Crippen LogP contribution is 2.17. The van der Waals surface area contributed by atoms with Gasteiger partial charge in [-0.1, -0.05) is 30.4 Å². The van der Waals surface area contributed by atoms with Gasteiger partial charge in [-0.2, -0.15) is 0 Å². The third-order valence-corrected chi connectivity index (χ3v) is 6.88. The lowest BCUT2D eigenvalue weighted by molar-refractivity contribution is 0.387. The summed E-state index contributed by atoms with van der Waals surface area (Å²) in [6.07, 6.45) is 1.32. The molecule has 1 aromatic carbocycles. The lowest BCUT2D eigenvalue weighted by atomic mass is 10.1. The predicted octanol–water partition coefficient (Wildman–Crippen LogP) is 0.947. The van der Waals surface area contributed by atoms with E-state index >= 15 is 0 Å². The lowest BCUT2D eigenvalue weighted by Crippen LogP contribution is -2.40. The second kappa shape index (κ2) is 6.91. The van der Waals surface area contributed by atoms with Crippen LogP contribution in [0.1, 0.15) is 12.8 Å². The smallest absolute Gasteiger partial charge is 0.212 e. The minimum Gasteiger partial charge on any atom is -0.212 e. The molecule has 1 fully saturated rings. The zero-order valence-corrected chi connectivity index (χ0v) is 13.9. The Kier molecular flexibility index (Phi) is 5.38. The summed E-state index contributed by atoms with van der Waals surface area (Å²) in [5, 5.41) is 0. The van der Waals surface area contributed by atoms with Gasteiger partial charge in [0.05, 0.1) is 10.6 Å². The minimum atomic E-state index is -3.67. The molecule has 0 atom stereocenters. The summed E-state index contributed by atoms with van der Waals surface area (Å²) in [5.74, 6) is -0.245. The molecule has 6 nitrogen and oxygen atoms in total. The Morgan fingerprint density at radius 2 is 1.64 bits per heavy atom. The number of rotatable bonds is 6. The van der Waals surface area contributed by atoms with Crippen LogP contribution in [0.2, 0.25) is 0 Å². The van der Waals surface area contributed by atoms with Gasteiger partial charge in [0.15, 0.2) is 0 Å². The molecule has 0 bridgehead atoms. The quantitative estimate of drug-likeness (QED) is 0.779. The van der Waals surface area contributed by atoms with Gasteiger partial charge in [0.2, 0.25) is 20.0 Å². The van der Waals surface area contributed by atoms with Crippen LogP contribution in [0.4, 0.5) is 0 Å². The third kappa shape index (κ3) is 4.39. The van der Waals surface area contributed by atoms with E-state index in [1.807, 2.05) is 0 Å². The highest BCUT2D eigenvalue weighted by molar-refractivity contribution is 7.90. The van der Waals surface area contributed by atoms with Gasteiger partial charge in [0.25, 0.3) is 0 Å². The summed E-state index contributed by atoms with van der Waals surface area (Å²) in [6.45, 7) is 4.55. The zero-order valence-electron chi connectivity index (χ0n) is 12.2. The number of hydrogen-bond acceptors (Lipinski definition) is 4. The monoisotopic (exact) mass is 344 g/mol. The molecule has 1 saturated heterocycles. The maximum Gasteiger partial charge on any atom is 0.240 e. The molecule has 22 heavy (non-hydrogen) atoms. The van der Waals surface area contributed by atoms with Crippen LogP contribution in [0, 0.1) is 0 Å². The average Bonchev–Trinajstić information content (AvgIpc) is 2.48. The number of nitrogens with one attached hydrogen (secondary N) is 1. The van der Waals surface area contributed by atoms with Crippen LogP contribution >= 0.6 is 0 Å². The van der Waals surface area contributed by atoms with Gasteiger partial charge in [-0.3, -0.25) is 0 Å². The van der Waals surface area contributed by atoms with Crippen LogP contribution in [-0.2, 0) is 20.0 Å². The molecule has 0 amide bonds. The molecule has 0 unspecified atom stereocenters. The molecule has 8 heteroatoms. The summed E-state index contributed by atoms with van der Waals surface area (Å²) in [5.41, 5.74) is 1.05. The Labute approximate surface area is 131 Å². The third-order valence-electron chi connectivity index (χ3n) is 3.53. The van der Waals surface area contributed by atoms with Gasteiger partial charge < -0.3 is 0 Å². The van der Waals surface area contributed by atoms with Crippen molar-refractivity contribution >= 4 is 20.0 Å². The van der Waals surface area contributed by atoms with Crippen molar-refractivity contribution < 1.29 is 16.8 Å². The first-order valence-electron chi connectivity index (χ1n) is 7.00. The molecule has 1 aliphatic rings. The molecule has 0 saturated carbocycles. The number of sulfonamides is 2. The molecule has 0 radical (unpaired) electrons.